The van der Waals surface area contributed by atoms with Crippen molar-refractivity contribution in [3.05, 3.63) is 35.9 Å². The summed E-state index contributed by atoms with van der Waals surface area (Å²) < 4.78 is 5.03. The number of hydrogen-bond donors (Lipinski definition) is 2. The monoisotopic (exact) mass is 235 g/mol. The third-order valence-corrected chi connectivity index (χ3v) is 2.02. The van der Waals surface area contributed by atoms with Gasteiger partial charge in [-0.15, -0.1) is 0 Å². The fourth-order valence-electron chi connectivity index (χ4n) is 1.26. The molecule has 0 aliphatic heterocycles. The number of ether oxygens (including phenoxy) is 1. The minimum Gasteiger partial charge on any atom is -0.495 e. The molecule has 0 saturated heterocycles. The Hall–Kier alpha value is -2.30. The quantitative estimate of drug-likeness (QED) is 0.781. The molecule has 0 aromatic heterocycles. The van der Waals surface area contributed by atoms with Crippen LogP contribution < -0.4 is 10.1 Å². The Morgan fingerprint density at radius 3 is 2.65 bits per heavy atom. The maximum absolute atomic E-state index is 11.4. The highest BCUT2D eigenvalue weighted by molar-refractivity contribution is 6.01. The zero-order valence-electron chi connectivity index (χ0n) is 9.56. The first-order valence-corrected chi connectivity index (χ1v) is 4.93. The number of carboxylic acids is 1. The predicted molar refractivity (Wildman–Crippen MR) is 63.4 cm³/mol. The molecule has 0 radical (unpaired) electrons. The predicted octanol–water partition coefficient (Wildman–Crippen LogP) is 1.91. The summed E-state index contributed by atoms with van der Waals surface area (Å²) in [5.41, 5.74) is 0.414. The van der Waals surface area contributed by atoms with E-state index < -0.39 is 5.97 Å². The Kier molecular flexibility index (Phi) is 4.28. The van der Waals surface area contributed by atoms with Crippen molar-refractivity contribution in [3.63, 3.8) is 0 Å². The standard InChI is InChI=1S/C12H13NO4/c1-3-4-11(14)13-9-7-8(12(15)16)5-6-10(9)17-2/h3-7H,1-2H3,(H,13,14)(H,15,16). The van der Waals surface area contributed by atoms with E-state index in [9.17, 15) is 9.59 Å². The number of allylic oxidation sites excluding steroid dienone is 1. The molecule has 5 heteroatoms. The molecule has 0 atom stereocenters. The van der Waals surface area contributed by atoms with Gasteiger partial charge in [0.25, 0.3) is 0 Å². The minimum absolute atomic E-state index is 0.0848. The number of amides is 1. The molecule has 0 spiro atoms. The molecule has 0 heterocycles. The van der Waals surface area contributed by atoms with Crippen LogP contribution in [-0.2, 0) is 4.79 Å². The van der Waals surface area contributed by atoms with E-state index in [-0.39, 0.29) is 11.5 Å². The molecule has 0 unspecified atom stereocenters. The molecular formula is C12H13NO4. The summed E-state index contributed by atoms with van der Waals surface area (Å²) in [6.45, 7) is 1.71. The first kappa shape index (κ1) is 12.8. The topological polar surface area (TPSA) is 75.6 Å². The number of carbonyl (C=O) groups is 2. The van der Waals surface area contributed by atoms with Crippen LogP contribution in [0.15, 0.2) is 30.4 Å². The number of rotatable bonds is 4. The summed E-state index contributed by atoms with van der Waals surface area (Å²) in [6.07, 6.45) is 2.93. The van der Waals surface area contributed by atoms with Gasteiger partial charge < -0.3 is 15.2 Å². The van der Waals surface area contributed by atoms with E-state index in [1.807, 2.05) is 0 Å². The summed E-state index contributed by atoms with van der Waals surface area (Å²) in [5.74, 6) is -0.990. The molecule has 5 nitrogen and oxygen atoms in total. The summed E-state index contributed by atoms with van der Waals surface area (Å²) in [5, 5.41) is 11.4. The number of hydrogen-bond acceptors (Lipinski definition) is 3. The van der Waals surface area contributed by atoms with Crippen molar-refractivity contribution in [1.82, 2.24) is 0 Å². The Balaban J connectivity index is 3.05. The van der Waals surface area contributed by atoms with Crippen molar-refractivity contribution in [2.45, 2.75) is 6.92 Å². The molecule has 0 bridgehead atoms. The summed E-state index contributed by atoms with van der Waals surface area (Å²) in [7, 11) is 1.45. The van der Waals surface area contributed by atoms with Gasteiger partial charge >= 0.3 is 5.97 Å². The second kappa shape index (κ2) is 5.69. The average Bonchev–Trinajstić information content (AvgIpc) is 2.29. The number of methoxy groups -OCH3 is 1. The van der Waals surface area contributed by atoms with Crippen LogP contribution in [0.25, 0.3) is 0 Å². The van der Waals surface area contributed by atoms with Gasteiger partial charge in [0.15, 0.2) is 0 Å². The van der Waals surface area contributed by atoms with Gasteiger partial charge in [0.05, 0.1) is 18.4 Å². The molecule has 1 amide bonds. The molecule has 17 heavy (non-hydrogen) atoms. The smallest absolute Gasteiger partial charge is 0.335 e. The Bertz CT molecular complexity index is 466. The van der Waals surface area contributed by atoms with E-state index in [4.69, 9.17) is 9.84 Å². The largest absolute Gasteiger partial charge is 0.495 e. The zero-order valence-corrected chi connectivity index (χ0v) is 9.56. The third-order valence-electron chi connectivity index (χ3n) is 2.02. The van der Waals surface area contributed by atoms with Gasteiger partial charge in [-0.1, -0.05) is 6.08 Å². The number of benzene rings is 1. The lowest BCUT2D eigenvalue weighted by Gasteiger charge is -2.09. The van der Waals surface area contributed by atoms with Crippen LogP contribution >= 0.6 is 0 Å². The molecule has 0 fully saturated rings. The maximum Gasteiger partial charge on any atom is 0.335 e. The summed E-state index contributed by atoms with van der Waals surface area (Å²) in [6, 6.07) is 4.25. The second-order valence-corrected chi connectivity index (χ2v) is 3.21. The highest BCUT2D eigenvalue weighted by atomic mass is 16.5. The lowest BCUT2D eigenvalue weighted by atomic mass is 10.2. The van der Waals surface area contributed by atoms with Crippen LogP contribution in [0, 0.1) is 0 Å². The van der Waals surface area contributed by atoms with Crippen molar-refractivity contribution in [1.29, 1.82) is 0 Å². The normalized spacial score (nSPS) is 10.2. The van der Waals surface area contributed by atoms with Crippen molar-refractivity contribution >= 4 is 17.6 Å². The maximum atomic E-state index is 11.4. The van der Waals surface area contributed by atoms with Gasteiger partial charge in [0, 0.05) is 0 Å². The number of carbonyl (C=O) groups excluding carboxylic acids is 1. The van der Waals surface area contributed by atoms with Gasteiger partial charge in [-0.05, 0) is 31.2 Å². The van der Waals surface area contributed by atoms with Crippen molar-refractivity contribution < 1.29 is 19.4 Å². The molecular weight excluding hydrogens is 222 g/mol. The summed E-state index contributed by atoms with van der Waals surface area (Å²) >= 11 is 0. The fraction of sp³-hybridized carbons (Fsp3) is 0.167. The number of aromatic carboxylic acids is 1. The van der Waals surface area contributed by atoms with E-state index in [0.29, 0.717) is 11.4 Å². The lowest BCUT2D eigenvalue weighted by Crippen LogP contribution is -2.10. The highest BCUT2D eigenvalue weighted by Crippen LogP contribution is 2.25. The van der Waals surface area contributed by atoms with E-state index in [2.05, 4.69) is 5.32 Å². The summed E-state index contributed by atoms with van der Waals surface area (Å²) in [4.78, 5) is 22.2. The van der Waals surface area contributed by atoms with Gasteiger partial charge in [-0.2, -0.15) is 0 Å². The van der Waals surface area contributed by atoms with Crippen LogP contribution in [0.5, 0.6) is 5.75 Å². The Morgan fingerprint density at radius 2 is 2.12 bits per heavy atom. The van der Waals surface area contributed by atoms with Crippen LogP contribution in [0.2, 0.25) is 0 Å². The number of nitrogens with one attached hydrogen (secondary N) is 1. The number of anilines is 1. The molecule has 2 N–H and O–H groups in total. The SMILES string of the molecule is CC=CC(=O)Nc1cc(C(=O)O)ccc1OC. The zero-order chi connectivity index (χ0) is 12.8. The molecule has 0 aliphatic rings. The fourth-order valence-corrected chi connectivity index (χ4v) is 1.26. The van der Waals surface area contributed by atoms with Crippen LogP contribution in [0.3, 0.4) is 0 Å². The van der Waals surface area contributed by atoms with Gasteiger partial charge in [-0.3, -0.25) is 4.79 Å². The van der Waals surface area contributed by atoms with Crippen molar-refractivity contribution in [3.8, 4) is 5.75 Å². The van der Waals surface area contributed by atoms with Gasteiger partial charge in [0.1, 0.15) is 5.75 Å². The lowest BCUT2D eigenvalue weighted by molar-refractivity contribution is -0.111. The second-order valence-electron chi connectivity index (χ2n) is 3.21. The molecule has 90 valence electrons. The molecule has 1 aromatic carbocycles. The van der Waals surface area contributed by atoms with E-state index in [1.165, 1.54) is 31.4 Å². The van der Waals surface area contributed by atoms with E-state index in [0.717, 1.165) is 0 Å². The van der Waals surface area contributed by atoms with Crippen molar-refractivity contribution in [2.75, 3.05) is 12.4 Å². The number of carboxylic acid groups (broad SMARTS) is 1. The first-order chi connectivity index (χ1) is 8.08. The van der Waals surface area contributed by atoms with E-state index >= 15 is 0 Å². The van der Waals surface area contributed by atoms with Crippen LogP contribution in [0.1, 0.15) is 17.3 Å². The third kappa shape index (κ3) is 3.34. The van der Waals surface area contributed by atoms with Crippen molar-refractivity contribution in [2.24, 2.45) is 0 Å². The van der Waals surface area contributed by atoms with Crippen LogP contribution in [-0.4, -0.2) is 24.1 Å². The average molecular weight is 235 g/mol. The first-order valence-electron chi connectivity index (χ1n) is 4.93. The Labute approximate surface area is 98.7 Å². The Morgan fingerprint density at radius 1 is 1.41 bits per heavy atom. The van der Waals surface area contributed by atoms with Crippen LogP contribution in [0.4, 0.5) is 5.69 Å². The molecule has 1 aromatic rings. The van der Waals surface area contributed by atoms with Gasteiger partial charge in [0.2, 0.25) is 5.91 Å². The molecule has 0 saturated carbocycles. The van der Waals surface area contributed by atoms with Gasteiger partial charge in [-0.25, -0.2) is 4.79 Å². The highest BCUT2D eigenvalue weighted by Gasteiger charge is 2.10. The van der Waals surface area contributed by atoms with E-state index in [1.54, 1.807) is 13.0 Å². The molecule has 1 rings (SSSR count). The molecule has 0 aliphatic carbocycles. The minimum atomic E-state index is -1.06.